The quantitative estimate of drug-likeness (QED) is 0.446. The van der Waals surface area contributed by atoms with E-state index < -0.39 is 41.0 Å². The fourth-order valence-corrected chi connectivity index (χ4v) is 10.8. The highest BCUT2D eigenvalue weighted by atomic mass is 16.5. The number of rotatable bonds is 5. The predicted molar refractivity (Wildman–Crippen MR) is 114 cm³/mol. The number of hydrogen-bond donors (Lipinski definition) is 4. The van der Waals surface area contributed by atoms with Crippen molar-refractivity contribution in [2.24, 2.45) is 34.5 Å². The van der Waals surface area contributed by atoms with Gasteiger partial charge < -0.3 is 34.6 Å². The van der Waals surface area contributed by atoms with E-state index in [1.165, 1.54) is 0 Å². The van der Waals surface area contributed by atoms with E-state index in [2.05, 4.69) is 11.8 Å². The maximum Gasteiger partial charge on any atom is 0.136 e. The highest BCUT2D eigenvalue weighted by molar-refractivity contribution is 5.41. The van der Waals surface area contributed by atoms with Gasteiger partial charge in [-0.25, -0.2) is 0 Å². The minimum atomic E-state index is -1.63. The van der Waals surface area contributed by atoms with Crippen molar-refractivity contribution in [1.29, 1.82) is 0 Å². The zero-order chi connectivity index (χ0) is 22.8. The molecule has 1 aliphatic heterocycles. The van der Waals surface area contributed by atoms with Crippen molar-refractivity contribution < 1.29 is 34.6 Å². The molecule has 1 heterocycles. The minimum absolute atomic E-state index is 0.0732. The molecule has 13 atom stereocenters. The van der Waals surface area contributed by atoms with Gasteiger partial charge in [0.25, 0.3) is 0 Å². The van der Waals surface area contributed by atoms with E-state index in [9.17, 15) is 20.4 Å². The highest BCUT2D eigenvalue weighted by Crippen LogP contribution is 2.80. The van der Waals surface area contributed by atoms with Crippen molar-refractivity contribution in [2.45, 2.75) is 74.3 Å². The number of fused-ring (bicyclic) bond motifs is 2. The lowest BCUT2D eigenvalue weighted by atomic mass is 9.42. The van der Waals surface area contributed by atoms with Crippen LogP contribution in [0.15, 0.2) is 0 Å². The smallest absolute Gasteiger partial charge is 0.136 e. The van der Waals surface area contributed by atoms with Crippen molar-refractivity contribution >= 4 is 0 Å². The summed E-state index contributed by atoms with van der Waals surface area (Å²) in [6.07, 6.45) is -0.157. The number of likely N-dealkylation sites (tertiary alicyclic amines) is 1. The Morgan fingerprint density at radius 1 is 1.09 bits per heavy atom. The molecule has 4 N–H and O–H groups in total. The van der Waals surface area contributed by atoms with Crippen molar-refractivity contribution in [1.82, 2.24) is 4.90 Å². The molecule has 0 aromatic rings. The van der Waals surface area contributed by atoms with Gasteiger partial charge in [-0.3, -0.25) is 4.90 Å². The lowest BCUT2D eigenvalue weighted by Gasteiger charge is -2.69. The van der Waals surface area contributed by atoms with Gasteiger partial charge in [-0.15, -0.1) is 0 Å². The first-order chi connectivity index (χ1) is 15.2. The predicted octanol–water partition coefficient (Wildman–Crippen LogP) is -0.383. The van der Waals surface area contributed by atoms with Gasteiger partial charge in [0.15, 0.2) is 0 Å². The molecule has 8 nitrogen and oxygen atoms in total. The number of piperidine rings is 1. The summed E-state index contributed by atoms with van der Waals surface area (Å²) in [5.41, 5.74) is -4.11. The van der Waals surface area contributed by atoms with E-state index in [0.29, 0.717) is 26.0 Å². The van der Waals surface area contributed by atoms with Gasteiger partial charge in [-0.2, -0.15) is 0 Å². The summed E-state index contributed by atoms with van der Waals surface area (Å²) in [5.74, 6) is -0.671. The summed E-state index contributed by atoms with van der Waals surface area (Å²) in [4.78, 5) is 2.28. The summed E-state index contributed by atoms with van der Waals surface area (Å²) < 4.78 is 17.9. The molecule has 0 amide bonds. The summed E-state index contributed by atoms with van der Waals surface area (Å²) in [6, 6.07) is -0.442. The Morgan fingerprint density at radius 2 is 1.84 bits per heavy atom. The number of aliphatic hydroxyl groups excluding tert-OH is 2. The van der Waals surface area contributed by atoms with Crippen LogP contribution in [0.4, 0.5) is 0 Å². The van der Waals surface area contributed by atoms with E-state index in [1.807, 2.05) is 0 Å². The van der Waals surface area contributed by atoms with Gasteiger partial charge in [0.05, 0.1) is 37.1 Å². The van der Waals surface area contributed by atoms with Gasteiger partial charge in [0, 0.05) is 62.9 Å². The van der Waals surface area contributed by atoms with Crippen molar-refractivity contribution in [2.75, 3.05) is 41.0 Å². The Bertz CT molecular complexity index is 794. The van der Waals surface area contributed by atoms with Gasteiger partial charge in [-0.1, -0.05) is 6.92 Å². The maximum absolute atomic E-state index is 12.8. The molecule has 0 aromatic carbocycles. The first-order valence-corrected chi connectivity index (χ1v) is 12.3. The SMILES string of the molecule is CCN1CC2(COC)CCC(O)C34C5CC6C(O)CC(O)(C5C6OC)C(O)(C(OC)C23)C14. The summed E-state index contributed by atoms with van der Waals surface area (Å²) in [6.45, 7) is 4.06. The van der Waals surface area contributed by atoms with E-state index >= 15 is 0 Å². The van der Waals surface area contributed by atoms with Gasteiger partial charge in [0.1, 0.15) is 11.2 Å². The van der Waals surface area contributed by atoms with Crippen molar-refractivity contribution in [3.05, 3.63) is 0 Å². The Kier molecular flexibility index (Phi) is 4.62. The van der Waals surface area contributed by atoms with Crippen LogP contribution >= 0.6 is 0 Å². The van der Waals surface area contributed by atoms with Crippen molar-refractivity contribution in [3.63, 3.8) is 0 Å². The lowest BCUT2D eigenvalue weighted by Crippen LogP contribution is -2.82. The average Bonchev–Trinajstić information content (AvgIpc) is 3.20. The molecule has 5 saturated carbocycles. The fraction of sp³-hybridized carbons (Fsp3) is 1.00. The second kappa shape index (κ2) is 6.66. The topological polar surface area (TPSA) is 112 Å². The first-order valence-electron chi connectivity index (χ1n) is 12.3. The van der Waals surface area contributed by atoms with E-state index in [4.69, 9.17) is 14.2 Å². The summed E-state index contributed by atoms with van der Waals surface area (Å²) in [7, 11) is 4.97. The number of aliphatic hydroxyl groups is 4. The molecule has 32 heavy (non-hydrogen) atoms. The van der Waals surface area contributed by atoms with Crippen LogP contribution in [0.5, 0.6) is 0 Å². The van der Waals surface area contributed by atoms with Gasteiger partial charge in [0.2, 0.25) is 0 Å². The second-order valence-corrected chi connectivity index (χ2v) is 11.7. The average molecular weight is 454 g/mol. The van der Waals surface area contributed by atoms with Crippen LogP contribution in [-0.2, 0) is 14.2 Å². The number of hydrogen-bond acceptors (Lipinski definition) is 8. The molecule has 13 unspecified atom stereocenters. The van der Waals surface area contributed by atoms with Crippen molar-refractivity contribution in [3.8, 4) is 0 Å². The number of likely N-dealkylation sites (N-methyl/N-ethyl adjacent to an activating group) is 1. The largest absolute Gasteiger partial charge is 0.393 e. The van der Waals surface area contributed by atoms with Crippen LogP contribution in [-0.4, -0.2) is 108 Å². The zero-order valence-corrected chi connectivity index (χ0v) is 19.6. The molecular weight excluding hydrogens is 414 g/mol. The lowest BCUT2D eigenvalue weighted by molar-refractivity contribution is -0.318. The Balaban J connectivity index is 1.68. The molecule has 0 radical (unpaired) electrons. The molecule has 1 saturated heterocycles. The molecule has 6 rings (SSSR count). The third-order valence-electron chi connectivity index (χ3n) is 11.2. The van der Waals surface area contributed by atoms with E-state index in [0.717, 1.165) is 13.0 Å². The molecule has 0 aromatic heterocycles. The van der Waals surface area contributed by atoms with Crippen LogP contribution in [0, 0.1) is 34.5 Å². The number of nitrogens with zero attached hydrogens (tertiary/aromatic N) is 1. The molecular formula is C24H39NO7. The standard InChI is InChI=1S/C24H39NO7/c1-5-25-10-21(11-30-2)7-6-15(27)23-13-8-12-14(26)9-22(28,16(13)17(12)31-3)24(29,20(23)25)19(32-4)18(21)23/h12-20,26-29H,5-11H2,1-4H3. The highest BCUT2D eigenvalue weighted by Gasteiger charge is 2.91. The van der Waals surface area contributed by atoms with Crippen LogP contribution < -0.4 is 0 Å². The van der Waals surface area contributed by atoms with Crippen LogP contribution in [0.25, 0.3) is 0 Å². The molecule has 6 fully saturated rings. The number of methoxy groups -OCH3 is 3. The van der Waals surface area contributed by atoms with Crippen LogP contribution in [0.2, 0.25) is 0 Å². The molecule has 6 aliphatic rings. The van der Waals surface area contributed by atoms with E-state index in [-0.39, 0.29) is 41.6 Å². The second-order valence-electron chi connectivity index (χ2n) is 11.7. The van der Waals surface area contributed by atoms with E-state index in [1.54, 1.807) is 21.3 Å². The third kappa shape index (κ3) is 1.99. The Hall–Kier alpha value is -0.320. The molecule has 7 bridgehead atoms. The van der Waals surface area contributed by atoms with Gasteiger partial charge >= 0.3 is 0 Å². The zero-order valence-electron chi connectivity index (χ0n) is 19.6. The minimum Gasteiger partial charge on any atom is -0.393 e. The van der Waals surface area contributed by atoms with Crippen LogP contribution in [0.1, 0.15) is 32.6 Å². The molecule has 5 aliphatic carbocycles. The summed E-state index contributed by atoms with van der Waals surface area (Å²) >= 11 is 0. The summed E-state index contributed by atoms with van der Waals surface area (Å²) in [5, 5.41) is 48.2. The van der Waals surface area contributed by atoms with Crippen LogP contribution in [0.3, 0.4) is 0 Å². The molecule has 8 heteroatoms. The monoisotopic (exact) mass is 453 g/mol. The maximum atomic E-state index is 12.8. The molecule has 182 valence electrons. The third-order valence-corrected chi connectivity index (χ3v) is 11.2. The normalized spacial score (nSPS) is 62.4. The van der Waals surface area contributed by atoms with Gasteiger partial charge in [-0.05, 0) is 31.7 Å². The molecule has 1 spiro atoms. The Morgan fingerprint density at radius 3 is 2.47 bits per heavy atom. The Labute approximate surface area is 189 Å². The fourth-order valence-electron chi connectivity index (χ4n) is 10.8. The first kappa shape index (κ1) is 22.2. The number of ether oxygens (including phenoxy) is 3.